The summed E-state index contributed by atoms with van der Waals surface area (Å²) in [5.74, 6) is -0.390. The van der Waals surface area contributed by atoms with Crippen molar-refractivity contribution >= 4 is 0 Å². The third kappa shape index (κ3) is 3.22. The highest BCUT2D eigenvalue weighted by molar-refractivity contribution is 5.39. The molecule has 0 heterocycles. The Morgan fingerprint density at radius 2 is 1.95 bits per heavy atom. The maximum absolute atomic E-state index is 14.3. The molecule has 0 amide bonds. The van der Waals surface area contributed by atoms with Gasteiger partial charge in [-0.05, 0) is 50.2 Å². The molecule has 0 radical (unpaired) electrons. The summed E-state index contributed by atoms with van der Waals surface area (Å²) in [6.07, 6.45) is 0. The zero-order chi connectivity index (χ0) is 15.4. The minimum atomic E-state index is -0.565. The minimum Gasteiger partial charge on any atom is -0.494 e. The molecule has 2 rings (SSSR count). The fraction of sp³-hybridized carbons (Fsp3) is 0.294. The predicted octanol–water partition coefficient (Wildman–Crippen LogP) is 3.98. The number of halogens is 2. The van der Waals surface area contributed by atoms with E-state index in [1.54, 1.807) is 20.0 Å². The Labute approximate surface area is 123 Å². The van der Waals surface area contributed by atoms with E-state index in [0.29, 0.717) is 17.9 Å². The SMILES string of the molecule is CCOc1cccc(C(NC)c2c(F)ccc(C)c2F)c1. The van der Waals surface area contributed by atoms with Crippen molar-refractivity contribution in [3.8, 4) is 5.75 Å². The van der Waals surface area contributed by atoms with Crippen LogP contribution in [0.2, 0.25) is 0 Å². The van der Waals surface area contributed by atoms with Gasteiger partial charge in [0.1, 0.15) is 17.4 Å². The Balaban J connectivity index is 2.50. The predicted molar refractivity (Wildman–Crippen MR) is 79.6 cm³/mol. The summed E-state index contributed by atoms with van der Waals surface area (Å²) in [4.78, 5) is 0. The molecule has 0 saturated carbocycles. The number of hydrogen-bond acceptors (Lipinski definition) is 2. The van der Waals surface area contributed by atoms with E-state index in [1.165, 1.54) is 12.1 Å². The van der Waals surface area contributed by atoms with Crippen LogP contribution in [0.25, 0.3) is 0 Å². The van der Waals surface area contributed by atoms with Crippen LogP contribution in [0.1, 0.15) is 29.7 Å². The van der Waals surface area contributed by atoms with E-state index < -0.39 is 17.7 Å². The van der Waals surface area contributed by atoms with Crippen LogP contribution in [0.15, 0.2) is 36.4 Å². The van der Waals surface area contributed by atoms with E-state index in [-0.39, 0.29) is 5.56 Å². The van der Waals surface area contributed by atoms with Crippen molar-refractivity contribution in [2.24, 2.45) is 0 Å². The average molecular weight is 291 g/mol. The molecule has 0 aliphatic carbocycles. The Morgan fingerprint density at radius 1 is 1.19 bits per heavy atom. The van der Waals surface area contributed by atoms with Crippen LogP contribution in [0.5, 0.6) is 5.75 Å². The monoisotopic (exact) mass is 291 g/mol. The van der Waals surface area contributed by atoms with E-state index in [2.05, 4.69) is 5.32 Å². The molecule has 0 saturated heterocycles. The molecule has 21 heavy (non-hydrogen) atoms. The van der Waals surface area contributed by atoms with E-state index in [9.17, 15) is 8.78 Å². The summed E-state index contributed by atoms with van der Waals surface area (Å²) >= 11 is 0. The lowest BCUT2D eigenvalue weighted by Gasteiger charge is -2.20. The molecule has 0 spiro atoms. The lowest BCUT2D eigenvalue weighted by atomic mass is 9.96. The highest BCUT2D eigenvalue weighted by atomic mass is 19.1. The van der Waals surface area contributed by atoms with Crippen molar-refractivity contribution in [3.05, 3.63) is 64.7 Å². The van der Waals surface area contributed by atoms with E-state index in [0.717, 1.165) is 5.56 Å². The molecule has 1 N–H and O–H groups in total. The fourth-order valence-electron chi connectivity index (χ4n) is 2.37. The van der Waals surface area contributed by atoms with Gasteiger partial charge in [-0.3, -0.25) is 0 Å². The highest BCUT2D eigenvalue weighted by Crippen LogP contribution is 2.30. The van der Waals surface area contributed by atoms with E-state index in [1.807, 2.05) is 25.1 Å². The van der Waals surface area contributed by atoms with Gasteiger partial charge < -0.3 is 10.1 Å². The number of benzene rings is 2. The Morgan fingerprint density at radius 3 is 2.62 bits per heavy atom. The summed E-state index contributed by atoms with van der Waals surface area (Å²) in [6, 6.07) is 9.43. The molecule has 1 unspecified atom stereocenters. The highest BCUT2D eigenvalue weighted by Gasteiger charge is 2.22. The smallest absolute Gasteiger partial charge is 0.134 e. The lowest BCUT2D eigenvalue weighted by molar-refractivity contribution is 0.339. The van der Waals surface area contributed by atoms with Crippen molar-refractivity contribution in [3.63, 3.8) is 0 Å². The summed E-state index contributed by atoms with van der Waals surface area (Å²) in [5, 5.41) is 2.98. The van der Waals surface area contributed by atoms with Crippen LogP contribution in [0, 0.1) is 18.6 Å². The molecule has 0 aromatic heterocycles. The largest absolute Gasteiger partial charge is 0.494 e. The van der Waals surface area contributed by atoms with Gasteiger partial charge in [0.15, 0.2) is 0 Å². The van der Waals surface area contributed by atoms with Crippen molar-refractivity contribution in [2.45, 2.75) is 19.9 Å². The van der Waals surface area contributed by atoms with Crippen LogP contribution in [0.3, 0.4) is 0 Å². The second-order valence-electron chi connectivity index (χ2n) is 4.82. The van der Waals surface area contributed by atoms with Crippen molar-refractivity contribution in [1.29, 1.82) is 0 Å². The quantitative estimate of drug-likeness (QED) is 0.899. The van der Waals surface area contributed by atoms with Crippen LogP contribution in [0.4, 0.5) is 8.78 Å². The number of aryl methyl sites for hydroxylation is 1. The third-order valence-corrected chi connectivity index (χ3v) is 3.40. The normalized spacial score (nSPS) is 12.2. The van der Waals surface area contributed by atoms with Gasteiger partial charge >= 0.3 is 0 Å². The van der Waals surface area contributed by atoms with Gasteiger partial charge in [-0.2, -0.15) is 0 Å². The number of hydrogen-bond donors (Lipinski definition) is 1. The average Bonchev–Trinajstić information content (AvgIpc) is 2.48. The van der Waals surface area contributed by atoms with Gasteiger partial charge in [0.25, 0.3) is 0 Å². The first-order valence-electron chi connectivity index (χ1n) is 6.93. The lowest BCUT2D eigenvalue weighted by Crippen LogP contribution is -2.21. The maximum Gasteiger partial charge on any atom is 0.134 e. The second kappa shape index (κ2) is 6.68. The number of rotatable bonds is 5. The van der Waals surface area contributed by atoms with Gasteiger partial charge in [0.05, 0.1) is 12.6 Å². The van der Waals surface area contributed by atoms with Crippen molar-refractivity contribution in [2.75, 3.05) is 13.7 Å². The summed E-state index contributed by atoms with van der Waals surface area (Å²) in [6.45, 7) is 4.06. The number of nitrogens with one attached hydrogen (secondary N) is 1. The van der Waals surface area contributed by atoms with Gasteiger partial charge in [-0.15, -0.1) is 0 Å². The van der Waals surface area contributed by atoms with E-state index in [4.69, 9.17) is 4.74 Å². The summed E-state index contributed by atoms with van der Waals surface area (Å²) in [5.41, 5.74) is 1.21. The van der Waals surface area contributed by atoms with Crippen LogP contribution in [-0.2, 0) is 0 Å². The van der Waals surface area contributed by atoms with Crippen LogP contribution in [-0.4, -0.2) is 13.7 Å². The van der Waals surface area contributed by atoms with Crippen molar-refractivity contribution < 1.29 is 13.5 Å². The topological polar surface area (TPSA) is 21.3 Å². The standard InChI is InChI=1S/C17H19F2NO/c1-4-21-13-7-5-6-12(10-13)17(20-3)15-14(18)9-8-11(2)16(15)19/h5-10,17,20H,4H2,1-3H3. The van der Waals surface area contributed by atoms with E-state index >= 15 is 0 Å². The fourth-order valence-corrected chi connectivity index (χ4v) is 2.37. The molecular weight excluding hydrogens is 272 g/mol. The maximum atomic E-state index is 14.3. The molecule has 4 heteroatoms. The van der Waals surface area contributed by atoms with Crippen molar-refractivity contribution in [1.82, 2.24) is 5.32 Å². The molecule has 0 aliphatic heterocycles. The third-order valence-electron chi connectivity index (χ3n) is 3.40. The summed E-state index contributed by atoms with van der Waals surface area (Å²) < 4.78 is 33.9. The van der Waals surface area contributed by atoms with Crippen LogP contribution < -0.4 is 10.1 Å². The van der Waals surface area contributed by atoms with Gasteiger partial charge in [-0.25, -0.2) is 8.78 Å². The molecule has 1 atom stereocenters. The molecule has 0 fully saturated rings. The zero-order valence-electron chi connectivity index (χ0n) is 12.4. The molecule has 2 aromatic rings. The molecule has 0 bridgehead atoms. The Bertz CT molecular complexity index is 628. The van der Waals surface area contributed by atoms with Gasteiger partial charge in [0.2, 0.25) is 0 Å². The Kier molecular flexibility index (Phi) is 4.91. The first-order valence-corrected chi connectivity index (χ1v) is 6.93. The molecule has 0 aliphatic rings. The Hall–Kier alpha value is -1.94. The number of ether oxygens (including phenoxy) is 1. The minimum absolute atomic E-state index is 0.0335. The molecule has 2 aromatic carbocycles. The molecule has 2 nitrogen and oxygen atoms in total. The molecular formula is C17H19F2NO. The second-order valence-corrected chi connectivity index (χ2v) is 4.82. The van der Waals surface area contributed by atoms with Gasteiger partial charge in [-0.1, -0.05) is 18.2 Å². The first-order chi connectivity index (χ1) is 10.1. The molecule has 112 valence electrons. The van der Waals surface area contributed by atoms with Crippen LogP contribution >= 0.6 is 0 Å². The summed E-state index contributed by atoms with van der Waals surface area (Å²) in [7, 11) is 1.68. The van der Waals surface area contributed by atoms with Gasteiger partial charge in [0, 0.05) is 5.56 Å². The first kappa shape index (κ1) is 15.4. The zero-order valence-corrected chi connectivity index (χ0v) is 12.4.